The second-order valence-corrected chi connectivity index (χ2v) is 4.70. The molecule has 1 aromatic carbocycles. The van der Waals surface area contributed by atoms with Crippen molar-refractivity contribution in [2.24, 2.45) is 5.92 Å². The van der Waals surface area contributed by atoms with Crippen molar-refractivity contribution in [1.82, 2.24) is 0 Å². The van der Waals surface area contributed by atoms with Crippen LogP contribution in [0.2, 0.25) is 0 Å². The Morgan fingerprint density at radius 2 is 2.24 bits per heavy atom. The van der Waals surface area contributed by atoms with Crippen LogP contribution in [0.1, 0.15) is 44.3 Å². The van der Waals surface area contributed by atoms with Crippen LogP contribution in [0.5, 0.6) is 0 Å². The lowest BCUT2D eigenvalue weighted by Gasteiger charge is -2.33. The van der Waals surface area contributed by atoms with E-state index in [2.05, 4.69) is 6.92 Å². The van der Waals surface area contributed by atoms with Gasteiger partial charge in [0.2, 0.25) is 0 Å². The standard InChI is InChI=1S/C14H19FO2/c1-2-4-10-7-8-13(17-14(10)16)11-5-3-6-12(15)9-11/h3,5-6,9-10,13-14,16H,2,4,7-8H2,1H3. The van der Waals surface area contributed by atoms with Gasteiger partial charge in [-0.15, -0.1) is 0 Å². The molecule has 1 fully saturated rings. The van der Waals surface area contributed by atoms with Crippen molar-refractivity contribution in [1.29, 1.82) is 0 Å². The monoisotopic (exact) mass is 238 g/mol. The highest BCUT2D eigenvalue weighted by Gasteiger charge is 2.29. The minimum Gasteiger partial charge on any atom is -0.368 e. The van der Waals surface area contributed by atoms with Crippen LogP contribution < -0.4 is 0 Å². The maximum atomic E-state index is 13.1. The van der Waals surface area contributed by atoms with Gasteiger partial charge in [0.1, 0.15) is 5.82 Å². The van der Waals surface area contributed by atoms with Crippen molar-refractivity contribution < 1.29 is 14.2 Å². The van der Waals surface area contributed by atoms with E-state index in [-0.39, 0.29) is 17.8 Å². The molecule has 0 aromatic heterocycles. The summed E-state index contributed by atoms with van der Waals surface area (Å²) < 4.78 is 18.7. The third-order valence-electron chi connectivity index (χ3n) is 3.39. The van der Waals surface area contributed by atoms with Crippen molar-refractivity contribution >= 4 is 0 Å². The van der Waals surface area contributed by atoms with E-state index in [1.165, 1.54) is 12.1 Å². The zero-order chi connectivity index (χ0) is 12.3. The zero-order valence-corrected chi connectivity index (χ0v) is 10.1. The highest BCUT2D eigenvalue weighted by molar-refractivity contribution is 5.19. The highest BCUT2D eigenvalue weighted by Crippen LogP contribution is 2.35. The number of benzene rings is 1. The summed E-state index contributed by atoms with van der Waals surface area (Å²) in [4.78, 5) is 0. The van der Waals surface area contributed by atoms with E-state index in [4.69, 9.17) is 4.74 Å². The molecule has 3 atom stereocenters. The topological polar surface area (TPSA) is 29.5 Å². The third-order valence-corrected chi connectivity index (χ3v) is 3.39. The maximum Gasteiger partial charge on any atom is 0.158 e. The van der Waals surface area contributed by atoms with Gasteiger partial charge in [-0.2, -0.15) is 0 Å². The van der Waals surface area contributed by atoms with Gasteiger partial charge in [-0.3, -0.25) is 0 Å². The van der Waals surface area contributed by atoms with E-state index in [1.54, 1.807) is 6.07 Å². The molecule has 0 saturated carbocycles. The summed E-state index contributed by atoms with van der Waals surface area (Å²) in [6, 6.07) is 6.43. The van der Waals surface area contributed by atoms with Gasteiger partial charge in [0.25, 0.3) is 0 Å². The zero-order valence-electron chi connectivity index (χ0n) is 10.1. The van der Waals surface area contributed by atoms with Crippen molar-refractivity contribution in [3.63, 3.8) is 0 Å². The van der Waals surface area contributed by atoms with Gasteiger partial charge in [-0.25, -0.2) is 4.39 Å². The van der Waals surface area contributed by atoms with Crippen LogP contribution in [0.4, 0.5) is 4.39 Å². The van der Waals surface area contributed by atoms with Crippen LogP contribution in [0, 0.1) is 11.7 Å². The third kappa shape index (κ3) is 3.05. The van der Waals surface area contributed by atoms with E-state index in [0.717, 1.165) is 31.2 Å². The molecule has 1 aliphatic heterocycles. The van der Waals surface area contributed by atoms with Gasteiger partial charge >= 0.3 is 0 Å². The van der Waals surface area contributed by atoms with Gasteiger partial charge in [0.05, 0.1) is 6.10 Å². The van der Waals surface area contributed by atoms with Gasteiger partial charge in [0.15, 0.2) is 6.29 Å². The van der Waals surface area contributed by atoms with Crippen molar-refractivity contribution in [3.05, 3.63) is 35.6 Å². The minimum atomic E-state index is -0.711. The quantitative estimate of drug-likeness (QED) is 0.874. The molecule has 0 bridgehead atoms. The van der Waals surface area contributed by atoms with Crippen molar-refractivity contribution in [2.75, 3.05) is 0 Å². The van der Waals surface area contributed by atoms with Crippen LogP contribution in [-0.2, 0) is 4.74 Å². The summed E-state index contributed by atoms with van der Waals surface area (Å²) >= 11 is 0. The molecule has 1 aromatic rings. The molecule has 1 saturated heterocycles. The summed E-state index contributed by atoms with van der Waals surface area (Å²) in [5.41, 5.74) is 0.819. The van der Waals surface area contributed by atoms with Crippen LogP contribution >= 0.6 is 0 Å². The summed E-state index contributed by atoms with van der Waals surface area (Å²) in [6.45, 7) is 2.10. The molecule has 0 radical (unpaired) electrons. The SMILES string of the molecule is CCCC1CCC(c2cccc(F)c2)OC1O. The lowest BCUT2D eigenvalue weighted by Crippen LogP contribution is -2.31. The summed E-state index contributed by atoms with van der Waals surface area (Å²) in [6.07, 6.45) is 2.94. The Labute approximate surface area is 101 Å². The summed E-state index contributed by atoms with van der Waals surface area (Å²) in [5.74, 6) is -0.0268. The molecular formula is C14H19FO2. The number of rotatable bonds is 3. The molecule has 17 heavy (non-hydrogen) atoms. The second-order valence-electron chi connectivity index (χ2n) is 4.70. The molecule has 0 aliphatic carbocycles. The predicted molar refractivity (Wildman–Crippen MR) is 63.9 cm³/mol. The van der Waals surface area contributed by atoms with Crippen molar-refractivity contribution in [3.8, 4) is 0 Å². The Morgan fingerprint density at radius 1 is 1.41 bits per heavy atom. The minimum absolute atomic E-state index is 0.172. The second kappa shape index (κ2) is 5.61. The number of aliphatic hydroxyl groups excluding tert-OH is 1. The fraction of sp³-hybridized carbons (Fsp3) is 0.571. The van der Waals surface area contributed by atoms with Gasteiger partial charge in [-0.1, -0.05) is 25.5 Å². The van der Waals surface area contributed by atoms with Crippen LogP contribution in [0.25, 0.3) is 0 Å². The Balaban J connectivity index is 2.01. The number of hydrogen-bond donors (Lipinski definition) is 1. The van der Waals surface area contributed by atoms with E-state index in [1.807, 2.05) is 6.07 Å². The lowest BCUT2D eigenvalue weighted by atomic mass is 9.90. The van der Waals surface area contributed by atoms with Crippen LogP contribution in [0.15, 0.2) is 24.3 Å². The molecule has 1 N–H and O–H groups in total. The van der Waals surface area contributed by atoms with E-state index < -0.39 is 6.29 Å². The smallest absolute Gasteiger partial charge is 0.158 e. The highest BCUT2D eigenvalue weighted by atomic mass is 19.1. The molecule has 2 rings (SSSR count). The molecule has 3 unspecified atom stereocenters. The molecule has 1 aliphatic rings. The number of aliphatic hydroxyl groups is 1. The predicted octanol–water partition coefficient (Wildman–Crippen LogP) is 3.41. The van der Waals surface area contributed by atoms with Crippen LogP contribution in [-0.4, -0.2) is 11.4 Å². The Hall–Kier alpha value is -0.930. The molecule has 2 nitrogen and oxygen atoms in total. The molecular weight excluding hydrogens is 219 g/mol. The average Bonchev–Trinajstić information content (AvgIpc) is 2.32. The van der Waals surface area contributed by atoms with Gasteiger partial charge < -0.3 is 9.84 Å². The average molecular weight is 238 g/mol. The molecule has 0 spiro atoms. The molecule has 94 valence electrons. The number of halogens is 1. The first-order valence-corrected chi connectivity index (χ1v) is 6.29. The maximum absolute atomic E-state index is 13.1. The summed E-state index contributed by atoms with van der Waals surface area (Å²) in [5, 5.41) is 9.89. The number of ether oxygens (including phenoxy) is 1. The van der Waals surface area contributed by atoms with Crippen molar-refractivity contribution in [2.45, 2.75) is 45.0 Å². The first-order valence-electron chi connectivity index (χ1n) is 6.29. The largest absolute Gasteiger partial charge is 0.368 e. The fourth-order valence-electron chi connectivity index (χ4n) is 2.47. The lowest BCUT2D eigenvalue weighted by molar-refractivity contribution is -0.197. The van der Waals surface area contributed by atoms with Gasteiger partial charge in [-0.05, 0) is 37.0 Å². The summed E-state index contributed by atoms with van der Waals surface area (Å²) in [7, 11) is 0. The van der Waals surface area contributed by atoms with E-state index in [0.29, 0.717) is 0 Å². The first kappa shape index (κ1) is 12.5. The van der Waals surface area contributed by atoms with Crippen LogP contribution in [0.3, 0.4) is 0 Å². The van der Waals surface area contributed by atoms with E-state index >= 15 is 0 Å². The Bertz CT molecular complexity index is 367. The number of hydrogen-bond acceptors (Lipinski definition) is 2. The Kier molecular flexibility index (Phi) is 4.13. The normalized spacial score (nSPS) is 29.2. The van der Waals surface area contributed by atoms with Gasteiger partial charge in [0, 0.05) is 5.92 Å². The molecule has 1 heterocycles. The Morgan fingerprint density at radius 3 is 2.88 bits per heavy atom. The van der Waals surface area contributed by atoms with E-state index in [9.17, 15) is 9.50 Å². The first-order chi connectivity index (χ1) is 8.20. The fourth-order valence-corrected chi connectivity index (χ4v) is 2.47. The molecule has 3 heteroatoms. The molecule has 0 amide bonds.